The van der Waals surface area contributed by atoms with Gasteiger partial charge in [0.2, 0.25) is 0 Å². The molecule has 29 heavy (non-hydrogen) atoms. The lowest BCUT2D eigenvalue weighted by atomic mass is 9.95. The normalized spacial score (nSPS) is 13.0. The summed E-state index contributed by atoms with van der Waals surface area (Å²) in [6.45, 7) is -0.434. The fourth-order valence-electron chi connectivity index (χ4n) is 2.98. The highest BCUT2D eigenvalue weighted by atomic mass is 35.5. The second-order valence-corrected chi connectivity index (χ2v) is 9.14. The molecule has 0 saturated heterocycles. The Hall–Kier alpha value is -0.890. The van der Waals surface area contributed by atoms with E-state index in [1.807, 2.05) is 0 Å². The van der Waals surface area contributed by atoms with E-state index >= 15 is 0 Å². The van der Waals surface area contributed by atoms with E-state index in [4.69, 9.17) is 67.5 Å². The van der Waals surface area contributed by atoms with Gasteiger partial charge in [0, 0.05) is 4.88 Å². The molecule has 0 fully saturated rings. The summed E-state index contributed by atoms with van der Waals surface area (Å²) in [7, 11) is 1.31. The highest BCUT2D eigenvalue weighted by Crippen LogP contribution is 2.48. The van der Waals surface area contributed by atoms with E-state index < -0.39 is 18.5 Å². The Morgan fingerprint density at radius 1 is 0.966 bits per heavy atom. The standard InChI is InChI=1S/C18H14Cl5NO4S/c1-27-18(26)10-7-4-2-3-5-8(7)29-17(10)24-9(25)6-28-16-14(22)12(20)11(19)13(21)15(16)23/h2-6H2,1H3,(H,24,25). The van der Waals surface area contributed by atoms with Crippen LogP contribution in [0.15, 0.2) is 0 Å². The number of thiophene rings is 1. The van der Waals surface area contributed by atoms with Crippen molar-refractivity contribution < 1.29 is 19.1 Å². The third kappa shape index (κ3) is 4.58. The largest absolute Gasteiger partial charge is 0.481 e. The molecule has 2 aromatic rings. The third-order valence-electron chi connectivity index (χ3n) is 4.33. The summed E-state index contributed by atoms with van der Waals surface area (Å²) >= 11 is 31.5. The smallest absolute Gasteiger partial charge is 0.341 e. The second kappa shape index (κ2) is 9.50. The first-order valence-electron chi connectivity index (χ1n) is 8.43. The minimum atomic E-state index is -0.511. The Labute approximate surface area is 196 Å². The predicted octanol–water partition coefficient (Wildman–Crippen LogP) is 6.70. The van der Waals surface area contributed by atoms with Gasteiger partial charge in [-0.15, -0.1) is 11.3 Å². The van der Waals surface area contributed by atoms with E-state index in [1.54, 1.807) is 0 Å². The van der Waals surface area contributed by atoms with Crippen LogP contribution in [0.1, 0.15) is 33.6 Å². The first-order chi connectivity index (χ1) is 13.8. The Kier molecular flexibility index (Phi) is 7.46. The van der Waals surface area contributed by atoms with Crippen LogP contribution in [-0.2, 0) is 22.4 Å². The topological polar surface area (TPSA) is 64.6 Å². The molecule has 3 rings (SSSR count). The van der Waals surface area contributed by atoms with Crippen molar-refractivity contribution in [3.05, 3.63) is 41.1 Å². The van der Waals surface area contributed by atoms with Gasteiger partial charge in [-0.05, 0) is 31.2 Å². The lowest BCUT2D eigenvalue weighted by Gasteiger charge is -2.14. The minimum absolute atomic E-state index is 0.00739. The van der Waals surface area contributed by atoms with Gasteiger partial charge in [-0.3, -0.25) is 4.79 Å². The second-order valence-electron chi connectivity index (χ2n) is 6.14. The number of nitrogens with one attached hydrogen (secondary N) is 1. The zero-order valence-corrected chi connectivity index (χ0v) is 19.6. The van der Waals surface area contributed by atoms with Crippen LogP contribution in [0.4, 0.5) is 5.00 Å². The predicted molar refractivity (Wildman–Crippen MR) is 118 cm³/mol. The van der Waals surface area contributed by atoms with Crippen molar-refractivity contribution in [2.45, 2.75) is 25.7 Å². The number of carbonyl (C=O) groups excluding carboxylic acids is 2. The van der Waals surface area contributed by atoms with Crippen LogP contribution in [0.2, 0.25) is 25.1 Å². The molecule has 1 aliphatic carbocycles. The van der Waals surface area contributed by atoms with E-state index in [-0.39, 0.29) is 30.9 Å². The lowest BCUT2D eigenvalue weighted by Crippen LogP contribution is -2.21. The number of anilines is 1. The molecule has 0 spiro atoms. The number of esters is 1. The molecule has 1 aromatic heterocycles. The van der Waals surface area contributed by atoms with Crippen LogP contribution < -0.4 is 10.1 Å². The molecule has 1 N–H and O–H groups in total. The van der Waals surface area contributed by atoms with E-state index in [1.165, 1.54) is 18.4 Å². The first-order valence-corrected chi connectivity index (χ1v) is 11.1. The molecule has 0 bridgehead atoms. The summed E-state index contributed by atoms with van der Waals surface area (Å²) < 4.78 is 10.3. The van der Waals surface area contributed by atoms with Crippen LogP contribution in [0.5, 0.6) is 5.75 Å². The maximum Gasteiger partial charge on any atom is 0.341 e. The fraction of sp³-hybridized carbons (Fsp3) is 0.333. The number of fused-ring (bicyclic) bond motifs is 1. The van der Waals surface area contributed by atoms with Crippen LogP contribution in [0.25, 0.3) is 0 Å². The SMILES string of the molecule is COC(=O)c1c(NC(=O)COc2c(Cl)c(Cl)c(Cl)c(Cl)c2Cl)sc2c1CCCC2. The van der Waals surface area contributed by atoms with Crippen LogP contribution in [-0.4, -0.2) is 25.6 Å². The third-order valence-corrected chi connectivity index (χ3v) is 7.78. The van der Waals surface area contributed by atoms with Gasteiger partial charge < -0.3 is 14.8 Å². The summed E-state index contributed by atoms with van der Waals surface area (Å²) in [4.78, 5) is 25.8. The number of methoxy groups -OCH3 is 1. The van der Waals surface area contributed by atoms with E-state index in [2.05, 4.69) is 5.32 Å². The summed E-state index contributed by atoms with van der Waals surface area (Å²) in [6.07, 6.45) is 3.66. The highest BCUT2D eigenvalue weighted by molar-refractivity contribution is 7.17. The van der Waals surface area contributed by atoms with Gasteiger partial charge in [-0.2, -0.15) is 0 Å². The Morgan fingerprint density at radius 3 is 2.17 bits per heavy atom. The number of halogens is 5. The van der Waals surface area contributed by atoms with Crippen molar-refractivity contribution in [3.8, 4) is 5.75 Å². The quantitative estimate of drug-likeness (QED) is 0.272. The number of hydrogen-bond acceptors (Lipinski definition) is 5. The molecule has 5 nitrogen and oxygen atoms in total. The molecular weight excluding hydrogens is 504 g/mol. The molecule has 156 valence electrons. The summed E-state index contributed by atoms with van der Waals surface area (Å²) in [5.74, 6) is -1.05. The molecule has 1 aliphatic rings. The summed E-state index contributed by atoms with van der Waals surface area (Å²) in [6, 6.07) is 0. The van der Waals surface area contributed by atoms with Gasteiger partial charge in [0.05, 0.1) is 27.7 Å². The number of ether oxygens (including phenoxy) is 2. The van der Waals surface area contributed by atoms with Gasteiger partial charge in [0.1, 0.15) is 15.0 Å². The molecule has 1 heterocycles. The number of aryl methyl sites for hydroxylation is 1. The van der Waals surface area contributed by atoms with Gasteiger partial charge in [-0.1, -0.05) is 58.0 Å². The van der Waals surface area contributed by atoms with Crippen LogP contribution in [0, 0.1) is 0 Å². The molecular formula is C18H14Cl5NO4S. The van der Waals surface area contributed by atoms with Gasteiger partial charge >= 0.3 is 5.97 Å². The number of carbonyl (C=O) groups is 2. The molecule has 0 atom stereocenters. The van der Waals surface area contributed by atoms with Gasteiger partial charge in [0.25, 0.3) is 5.91 Å². The zero-order valence-electron chi connectivity index (χ0n) is 15.0. The number of hydrogen-bond donors (Lipinski definition) is 1. The fourth-order valence-corrected chi connectivity index (χ4v) is 5.51. The van der Waals surface area contributed by atoms with Crippen molar-refractivity contribution in [1.82, 2.24) is 0 Å². The van der Waals surface area contributed by atoms with Crippen molar-refractivity contribution in [1.29, 1.82) is 0 Å². The zero-order chi connectivity index (χ0) is 21.3. The molecule has 1 amide bonds. The van der Waals surface area contributed by atoms with Crippen molar-refractivity contribution in [2.24, 2.45) is 0 Å². The summed E-state index contributed by atoms with van der Waals surface area (Å²) in [5, 5.41) is 2.96. The van der Waals surface area contributed by atoms with Crippen LogP contribution >= 0.6 is 69.3 Å². The van der Waals surface area contributed by atoms with Crippen molar-refractivity contribution >= 4 is 86.2 Å². The Balaban J connectivity index is 1.79. The average molecular weight is 518 g/mol. The Morgan fingerprint density at radius 2 is 1.55 bits per heavy atom. The van der Waals surface area contributed by atoms with E-state index in [0.29, 0.717) is 10.6 Å². The Bertz CT molecular complexity index is 962. The molecule has 0 radical (unpaired) electrons. The van der Waals surface area contributed by atoms with Crippen molar-refractivity contribution in [2.75, 3.05) is 19.0 Å². The molecule has 0 aliphatic heterocycles. The van der Waals surface area contributed by atoms with E-state index in [0.717, 1.165) is 36.1 Å². The number of amides is 1. The maximum absolute atomic E-state index is 12.5. The molecule has 1 aromatic carbocycles. The molecule has 0 unspecified atom stereocenters. The van der Waals surface area contributed by atoms with Gasteiger partial charge in [0.15, 0.2) is 12.4 Å². The monoisotopic (exact) mass is 515 g/mol. The lowest BCUT2D eigenvalue weighted by molar-refractivity contribution is -0.118. The number of rotatable bonds is 5. The van der Waals surface area contributed by atoms with Crippen LogP contribution in [0.3, 0.4) is 0 Å². The molecule has 11 heteroatoms. The van der Waals surface area contributed by atoms with Gasteiger partial charge in [-0.25, -0.2) is 4.79 Å². The first kappa shape index (κ1) is 22.8. The number of benzene rings is 1. The summed E-state index contributed by atoms with van der Waals surface area (Å²) in [5.41, 5.74) is 1.33. The maximum atomic E-state index is 12.5. The average Bonchev–Trinajstić information content (AvgIpc) is 3.07. The van der Waals surface area contributed by atoms with E-state index in [9.17, 15) is 9.59 Å². The highest BCUT2D eigenvalue weighted by Gasteiger charge is 2.27. The van der Waals surface area contributed by atoms with Crippen molar-refractivity contribution in [3.63, 3.8) is 0 Å². The minimum Gasteiger partial charge on any atom is -0.481 e. The molecule has 0 saturated carbocycles.